The molecule has 4 aromatic rings. The zero-order valence-corrected chi connectivity index (χ0v) is 20.8. The number of aryl methyl sites for hydroxylation is 1. The Morgan fingerprint density at radius 3 is 2.56 bits per heavy atom. The van der Waals surface area contributed by atoms with E-state index in [1.54, 1.807) is 18.2 Å². The molecular formula is C28H28N4O3S. The highest BCUT2D eigenvalue weighted by atomic mass is 32.1. The van der Waals surface area contributed by atoms with Gasteiger partial charge in [0.05, 0.1) is 16.3 Å². The Kier molecular flexibility index (Phi) is 6.86. The number of hydrogen-bond acceptors (Lipinski definition) is 5. The first kappa shape index (κ1) is 23.8. The summed E-state index contributed by atoms with van der Waals surface area (Å²) in [5, 5.41) is 23.0. The number of phenols is 1. The van der Waals surface area contributed by atoms with E-state index >= 15 is 0 Å². The van der Waals surface area contributed by atoms with E-state index in [4.69, 9.17) is 0 Å². The molecule has 0 bridgehead atoms. The first-order chi connectivity index (χ1) is 17.5. The second-order valence-electron chi connectivity index (χ2n) is 9.16. The first-order valence-electron chi connectivity index (χ1n) is 12.1. The van der Waals surface area contributed by atoms with Gasteiger partial charge in [-0.25, -0.2) is 4.79 Å². The molecule has 2 aromatic heterocycles. The molecule has 1 aliphatic carbocycles. The van der Waals surface area contributed by atoms with Gasteiger partial charge in [-0.2, -0.15) is 9.78 Å². The molecule has 0 aliphatic heterocycles. The lowest BCUT2D eigenvalue weighted by Crippen LogP contribution is -2.30. The average Bonchev–Trinajstić information content (AvgIpc) is 3.65. The number of hydrogen-bond donors (Lipinski definition) is 3. The molecule has 0 spiro atoms. The molecular weight excluding hydrogens is 472 g/mol. The lowest BCUT2D eigenvalue weighted by molar-refractivity contribution is 0.103. The van der Waals surface area contributed by atoms with Gasteiger partial charge in [0.25, 0.3) is 5.91 Å². The minimum absolute atomic E-state index is 0.0123. The van der Waals surface area contributed by atoms with Gasteiger partial charge in [-0.05, 0) is 55.0 Å². The van der Waals surface area contributed by atoms with Crippen LogP contribution in [0.25, 0.3) is 11.3 Å². The van der Waals surface area contributed by atoms with Crippen LogP contribution >= 0.6 is 11.3 Å². The van der Waals surface area contributed by atoms with Crippen LogP contribution in [-0.4, -0.2) is 26.8 Å². The Morgan fingerprint density at radius 2 is 1.86 bits per heavy atom. The zero-order valence-electron chi connectivity index (χ0n) is 20.0. The maximum absolute atomic E-state index is 13.2. The molecule has 2 heterocycles. The number of thiophene rings is 1. The molecule has 184 valence electrons. The van der Waals surface area contributed by atoms with E-state index in [1.165, 1.54) is 27.6 Å². The highest BCUT2D eigenvalue weighted by molar-refractivity contribution is 7.12. The standard InChI is InChI=1S/C28H28N4O3S/c1-18-8-10-19(11-9-18)17-29-28(35)32-24(20-5-2-3-6-20)16-23(31-32)22-13-12-21(15-25(22)33)30-27(34)26-7-4-14-36-26/h4,7-16,20,33H,2-3,5-6,17H2,1H3,(H,29,35)(H,30,34). The van der Waals surface area contributed by atoms with Gasteiger partial charge in [-0.3, -0.25) is 4.79 Å². The molecule has 1 fully saturated rings. The van der Waals surface area contributed by atoms with Crippen LogP contribution in [0.1, 0.15) is 58.1 Å². The van der Waals surface area contributed by atoms with Crippen LogP contribution in [0.15, 0.2) is 66.0 Å². The van der Waals surface area contributed by atoms with Gasteiger partial charge in [0.1, 0.15) is 5.75 Å². The molecule has 1 saturated carbocycles. The first-order valence-corrected chi connectivity index (χ1v) is 13.0. The van der Waals surface area contributed by atoms with Crippen molar-refractivity contribution in [3.8, 4) is 17.0 Å². The summed E-state index contributed by atoms with van der Waals surface area (Å²) in [6, 6.07) is 18.2. The number of nitrogens with one attached hydrogen (secondary N) is 2. The molecule has 0 radical (unpaired) electrons. The van der Waals surface area contributed by atoms with Crippen LogP contribution in [0.3, 0.4) is 0 Å². The molecule has 2 aromatic carbocycles. The number of nitrogens with zero attached hydrogens (tertiary/aromatic N) is 2. The predicted octanol–water partition coefficient (Wildman–Crippen LogP) is 6.29. The van der Waals surface area contributed by atoms with Crippen molar-refractivity contribution < 1.29 is 14.7 Å². The largest absolute Gasteiger partial charge is 0.507 e. The third-order valence-corrected chi connectivity index (χ3v) is 7.41. The highest BCUT2D eigenvalue weighted by Gasteiger charge is 2.26. The molecule has 8 heteroatoms. The number of aromatic hydroxyl groups is 1. The van der Waals surface area contributed by atoms with Crippen LogP contribution in [0.5, 0.6) is 5.75 Å². The van der Waals surface area contributed by atoms with Crippen LogP contribution in [-0.2, 0) is 6.54 Å². The van der Waals surface area contributed by atoms with Gasteiger partial charge < -0.3 is 15.7 Å². The van der Waals surface area contributed by atoms with E-state index in [0.29, 0.717) is 28.4 Å². The fourth-order valence-electron chi connectivity index (χ4n) is 4.59. The quantitative estimate of drug-likeness (QED) is 0.290. The number of carbonyl (C=O) groups excluding carboxylic acids is 2. The lowest BCUT2D eigenvalue weighted by atomic mass is 10.0. The van der Waals surface area contributed by atoms with Crippen molar-refractivity contribution in [1.82, 2.24) is 15.1 Å². The Hall–Kier alpha value is -3.91. The number of anilines is 1. The van der Waals surface area contributed by atoms with Crippen molar-refractivity contribution in [2.45, 2.75) is 45.1 Å². The van der Waals surface area contributed by atoms with E-state index in [1.807, 2.05) is 48.7 Å². The van der Waals surface area contributed by atoms with Gasteiger partial charge >= 0.3 is 6.03 Å². The van der Waals surface area contributed by atoms with Gasteiger partial charge in [-0.15, -0.1) is 11.3 Å². The van der Waals surface area contributed by atoms with E-state index in [9.17, 15) is 14.7 Å². The highest BCUT2D eigenvalue weighted by Crippen LogP contribution is 2.38. The summed E-state index contributed by atoms with van der Waals surface area (Å²) >= 11 is 1.35. The normalized spacial score (nSPS) is 13.6. The average molecular weight is 501 g/mol. The Labute approximate surface area is 213 Å². The van der Waals surface area contributed by atoms with Crippen molar-refractivity contribution in [2.75, 3.05) is 5.32 Å². The van der Waals surface area contributed by atoms with Crippen LogP contribution in [0.2, 0.25) is 0 Å². The number of benzene rings is 2. The number of aromatic nitrogens is 2. The molecule has 5 rings (SSSR count). The zero-order chi connectivity index (χ0) is 25.1. The summed E-state index contributed by atoms with van der Waals surface area (Å²) in [6.07, 6.45) is 4.27. The topological polar surface area (TPSA) is 96.3 Å². The molecule has 0 atom stereocenters. The third-order valence-electron chi connectivity index (χ3n) is 6.54. The van der Waals surface area contributed by atoms with E-state index in [2.05, 4.69) is 15.7 Å². The summed E-state index contributed by atoms with van der Waals surface area (Å²) < 4.78 is 1.45. The lowest BCUT2D eigenvalue weighted by Gasteiger charge is -2.12. The molecule has 0 saturated heterocycles. The van der Waals surface area contributed by atoms with Crippen molar-refractivity contribution in [3.63, 3.8) is 0 Å². The number of carbonyl (C=O) groups is 2. The molecule has 7 nitrogen and oxygen atoms in total. The van der Waals surface area contributed by atoms with Gasteiger partial charge in [-0.1, -0.05) is 48.7 Å². The Bertz CT molecular complexity index is 1370. The van der Waals surface area contributed by atoms with E-state index in [-0.39, 0.29) is 23.6 Å². The van der Waals surface area contributed by atoms with Gasteiger partial charge in [0, 0.05) is 29.8 Å². The maximum Gasteiger partial charge on any atom is 0.342 e. The molecule has 36 heavy (non-hydrogen) atoms. The minimum atomic E-state index is -0.289. The fraction of sp³-hybridized carbons (Fsp3) is 0.250. The van der Waals surface area contributed by atoms with Gasteiger partial charge in [0.2, 0.25) is 0 Å². The molecule has 1 aliphatic rings. The van der Waals surface area contributed by atoms with Crippen LogP contribution in [0, 0.1) is 6.92 Å². The summed E-state index contributed by atoms with van der Waals surface area (Å²) in [4.78, 5) is 26.1. The summed E-state index contributed by atoms with van der Waals surface area (Å²) in [5.41, 5.74) is 4.56. The third kappa shape index (κ3) is 5.18. The second kappa shape index (κ2) is 10.4. The number of phenolic OH excluding ortho intramolecular Hbond substituents is 1. The second-order valence-corrected chi connectivity index (χ2v) is 10.1. The minimum Gasteiger partial charge on any atom is -0.507 e. The van der Waals surface area contributed by atoms with Crippen molar-refractivity contribution in [2.24, 2.45) is 0 Å². The predicted molar refractivity (Wildman–Crippen MR) is 142 cm³/mol. The Balaban J connectivity index is 1.38. The van der Waals surface area contributed by atoms with Crippen LogP contribution < -0.4 is 10.6 Å². The molecule has 3 N–H and O–H groups in total. The number of amides is 2. The smallest absolute Gasteiger partial charge is 0.342 e. The summed E-state index contributed by atoms with van der Waals surface area (Å²) in [6.45, 7) is 2.43. The number of rotatable bonds is 6. The summed E-state index contributed by atoms with van der Waals surface area (Å²) in [7, 11) is 0. The van der Waals surface area contributed by atoms with Crippen molar-refractivity contribution in [1.29, 1.82) is 0 Å². The van der Waals surface area contributed by atoms with Crippen molar-refractivity contribution in [3.05, 3.63) is 87.7 Å². The van der Waals surface area contributed by atoms with Crippen LogP contribution in [0.4, 0.5) is 10.5 Å². The fourth-order valence-corrected chi connectivity index (χ4v) is 5.21. The maximum atomic E-state index is 13.2. The Morgan fingerprint density at radius 1 is 1.08 bits per heavy atom. The summed E-state index contributed by atoms with van der Waals surface area (Å²) in [5.74, 6) is 0.0136. The SMILES string of the molecule is Cc1ccc(CNC(=O)n2nc(-c3ccc(NC(=O)c4cccs4)cc3O)cc2C2CCCC2)cc1. The van der Waals surface area contributed by atoms with Gasteiger partial charge in [0.15, 0.2) is 0 Å². The molecule has 0 unspecified atom stereocenters. The van der Waals surface area contributed by atoms with E-state index in [0.717, 1.165) is 36.9 Å². The monoisotopic (exact) mass is 500 g/mol. The van der Waals surface area contributed by atoms with E-state index < -0.39 is 0 Å². The van der Waals surface area contributed by atoms with Crippen molar-refractivity contribution >= 4 is 29.0 Å². The molecule has 2 amide bonds.